The number of likely N-dealkylation sites (tertiary alicyclic amines) is 1. The topological polar surface area (TPSA) is 27.3 Å². The molecule has 3 rings (SSSR count). The first-order valence-electron chi connectivity index (χ1n) is 9.83. The Hall–Kier alpha value is -1.34. The van der Waals surface area contributed by atoms with Crippen molar-refractivity contribution in [2.24, 2.45) is 0 Å². The Morgan fingerprint density at radius 2 is 1.74 bits per heavy atom. The monoisotopic (exact) mass is 399 g/mol. The Labute approximate surface area is 164 Å². The number of nitrogens with one attached hydrogen (secondary N) is 2. The molecule has 2 aliphatic rings. The van der Waals surface area contributed by atoms with E-state index in [1.165, 1.54) is 25.7 Å². The lowest BCUT2D eigenvalue weighted by Gasteiger charge is -2.42. The second-order valence-corrected chi connectivity index (χ2v) is 8.15. The van der Waals surface area contributed by atoms with Gasteiger partial charge in [-0.25, -0.2) is 0 Å². The van der Waals surface area contributed by atoms with Gasteiger partial charge in [0.1, 0.15) is 0 Å². The molecule has 0 aromatic heterocycles. The summed E-state index contributed by atoms with van der Waals surface area (Å²) < 4.78 is 39.1. The molecule has 1 aromatic rings. The standard InChI is InChI=1S/C20H28F3N3S/c1-14-11-15(20(21,22)23)13-16(12-14)24-19(27)25-17-7-3-4-8-18(17)26-9-5-2-6-10-26/h11-13,17-18H,2-10H2,1H3,(H2,24,25,27)/t17-,18-/m1/s1. The maximum absolute atomic E-state index is 13.0. The molecule has 0 amide bonds. The smallest absolute Gasteiger partial charge is 0.358 e. The molecule has 150 valence electrons. The van der Waals surface area contributed by atoms with Crippen molar-refractivity contribution in [2.45, 2.75) is 70.1 Å². The molecular weight excluding hydrogens is 371 g/mol. The molecule has 3 nitrogen and oxygen atoms in total. The van der Waals surface area contributed by atoms with Gasteiger partial charge in [-0.05, 0) is 81.7 Å². The SMILES string of the molecule is Cc1cc(NC(=S)N[C@@H]2CCCC[C@H]2N2CCCCC2)cc(C(F)(F)F)c1. The molecule has 1 aliphatic carbocycles. The van der Waals surface area contributed by atoms with Crippen LogP contribution in [0.3, 0.4) is 0 Å². The molecule has 2 fully saturated rings. The average molecular weight is 400 g/mol. The predicted octanol–water partition coefficient (Wildman–Crippen LogP) is 5.10. The Morgan fingerprint density at radius 3 is 2.44 bits per heavy atom. The summed E-state index contributed by atoms with van der Waals surface area (Å²) in [6, 6.07) is 4.66. The van der Waals surface area contributed by atoms with Gasteiger partial charge in [0.2, 0.25) is 0 Å². The summed E-state index contributed by atoms with van der Waals surface area (Å²) in [7, 11) is 0. The number of benzene rings is 1. The third-order valence-corrected chi connectivity index (χ3v) is 5.79. The third-order valence-electron chi connectivity index (χ3n) is 5.57. The highest BCUT2D eigenvalue weighted by atomic mass is 32.1. The zero-order valence-electron chi connectivity index (χ0n) is 15.7. The quantitative estimate of drug-likeness (QED) is 0.692. The summed E-state index contributed by atoms with van der Waals surface area (Å²) in [6.45, 7) is 3.93. The predicted molar refractivity (Wildman–Crippen MR) is 107 cm³/mol. The number of thiocarbonyl (C=S) groups is 1. The van der Waals surface area contributed by atoms with Crippen LogP contribution >= 0.6 is 12.2 Å². The second-order valence-electron chi connectivity index (χ2n) is 7.74. The molecule has 0 bridgehead atoms. The van der Waals surface area contributed by atoms with Crippen LogP contribution in [0.25, 0.3) is 0 Å². The Morgan fingerprint density at radius 1 is 1.04 bits per heavy atom. The Balaban J connectivity index is 1.64. The number of nitrogens with zero attached hydrogens (tertiary/aromatic N) is 1. The van der Waals surface area contributed by atoms with Gasteiger partial charge >= 0.3 is 6.18 Å². The number of rotatable bonds is 3. The molecule has 0 radical (unpaired) electrons. The lowest BCUT2D eigenvalue weighted by molar-refractivity contribution is -0.137. The van der Waals surface area contributed by atoms with Crippen molar-refractivity contribution in [3.63, 3.8) is 0 Å². The lowest BCUT2D eigenvalue weighted by Crippen LogP contribution is -2.55. The number of piperidine rings is 1. The number of halogens is 3. The molecule has 27 heavy (non-hydrogen) atoms. The van der Waals surface area contributed by atoms with Crippen LogP contribution in [0.2, 0.25) is 0 Å². The first-order chi connectivity index (χ1) is 12.8. The highest BCUT2D eigenvalue weighted by Gasteiger charge is 2.32. The number of hydrogen-bond donors (Lipinski definition) is 2. The van der Waals surface area contributed by atoms with Crippen LogP contribution in [-0.4, -0.2) is 35.2 Å². The van der Waals surface area contributed by atoms with E-state index < -0.39 is 11.7 Å². The molecular formula is C20H28F3N3S. The van der Waals surface area contributed by atoms with E-state index in [-0.39, 0.29) is 6.04 Å². The Bertz CT molecular complexity index is 656. The summed E-state index contributed by atoms with van der Waals surface area (Å²) >= 11 is 5.43. The van der Waals surface area contributed by atoms with E-state index in [4.69, 9.17) is 12.2 Å². The van der Waals surface area contributed by atoms with Crippen LogP contribution in [0.1, 0.15) is 56.1 Å². The van der Waals surface area contributed by atoms with Crippen LogP contribution in [0.4, 0.5) is 18.9 Å². The van der Waals surface area contributed by atoms with Gasteiger partial charge in [0.15, 0.2) is 5.11 Å². The van der Waals surface area contributed by atoms with E-state index in [9.17, 15) is 13.2 Å². The number of aryl methyl sites for hydroxylation is 1. The number of hydrogen-bond acceptors (Lipinski definition) is 2. The normalized spacial score (nSPS) is 24.4. The zero-order chi connectivity index (χ0) is 19.4. The van der Waals surface area contributed by atoms with Crippen LogP contribution in [-0.2, 0) is 6.18 Å². The maximum Gasteiger partial charge on any atom is 0.416 e. The van der Waals surface area contributed by atoms with Gasteiger partial charge in [0.25, 0.3) is 0 Å². The van der Waals surface area contributed by atoms with Crippen molar-refractivity contribution in [1.82, 2.24) is 10.2 Å². The molecule has 1 heterocycles. The third kappa shape index (κ3) is 5.57. The second kappa shape index (κ2) is 8.78. The summed E-state index contributed by atoms with van der Waals surface area (Å²) in [6.07, 6.45) is 4.02. The zero-order valence-corrected chi connectivity index (χ0v) is 16.6. The molecule has 1 aromatic carbocycles. The molecule has 1 saturated heterocycles. The minimum Gasteiger partial charge on any atom is -0.358 e. The van der Waals surface area contributed by atoms with Crippen molar-refractivity contribution in [1.29, 1.82) is 0 Å². The van der Waals surface area contributed by atoms with E-state index in [1.807, 2.05) is 0 Å². The fourth-order valence-corrected chi connectivity index (χ4v) is 4.59. The minimum atomic E-state index is -4.36. The molecule has 2 atom stereocenters. The highest BCUT2D eigenvalue weighted by molar-refractivity contribution is 7.80. The summed E-state index contributed by atoms with van der Waals surface area (Å²) in [4.78, 5) is 2.57. The van der Waals surface area contributed by atoms with E-state index in [0.717, 1.165) is 44.5 Å². The van der Waals surface area contributed by atoms with Gasteiger partial charge in [-0.1, -0.05) is 19.3 Å². The van der Waals surface area contributed by atoms with Gasteiger partial charge < -0.3 is 10.6 Å². The minimum absolute atomic E-state index is 0.253. The summed E-state index contributed by atoms with van der Waals surface area (Å²) in [5, 5.41) is 6.76. The van der Waals surface area contributed by atoms with Crippen LogP contribution in [0.15, 0.2) is 18.2 Å². The van der Waals surface area contributed by atoms with E-state index in [1.54, 1.807) is 13.0 Å². The first kappa shape index (κ1) is 20.4. The van der Waals surface area contributed by atoms with E-state index >= 15 is 0 Å². The van der Waals surface area contributed by atoms with Gasteiger partial charge in [-0.2, -0.15) is 13.2 Å². The van der Waals surface area contributed by atoms with Crippen molar-refractivity contribution >= 4 is 23.0 Å². The largest absolute Gasteiger partial charge is 0.416 e. The van der Waals surface area contributed by atoms with Crippen LogP contribution in [0.5, 0.6) is 0 Å². The first-order valence-corrected chi connectivity index (χ1v) is 10.2. The fraction of sp³-hybridized carbons (Fsp3) is 0.650. The lowest BCUT2D eigenvalue weighted by atomic mass is 9.88. The molecule has 1 saturated carbocycles. The molecule has 0 spiro atoms. The fourth-order valence-electron chi connectivity index (χ4n) is 4.32. The average Bonchev–Trinajstić information content (AvgIpc) is 2.61. The van der Waals surface area contributed by atoms with Crippen molar-refractivity contribution in [3.8, 4) is 0 Å². The van der Waals surface area contributed by atoms with Gasteiger partial charge in [0, 0.05) is 17.8 Å². The maximum atomic E-state index is 13.0. The molecule has 0 unspecified atom stereocenters. The van der Waals surface area contributed by atoms with Crippen molar-refractivity contribution in [3.05, 3.63) is 29.3 Å². The molecule has 7 heteroatoms. The Kier molecular flexibility index (Phi) is 6.63. The number of alkyl halides is 3. The van der Waals surface area contributed by atoms with E-state index in [2.05, 4.69) is 15.5 Å². The van der Waals surface area contributed by atoms with Crippen molar-refractivity contribution in [2.75, 3.05) is 18.4 Å². The van der Waals surface area contributed by atoms with Gasteiger partial charge in [0.05, 0.1) is 5.56 Å². The highest BCUT2D eigenvalue weighted by Crippen LogP contribution is 2.32. The molecule has 2 N–H and O–H groups in total. The molecule has 1 aliphatic heterocycles. The van der Waals surface area contributed by atoms with E-state index in [0.29, 0.717) is 22.4 Å². The van der Waals surface area contributed by atoms with Gasteiger partial charge in [-0.15, -0.1) is 0 Å². The van der Waals surface area contributed by atoms with Crippen molar-refractivity contribution < 1.29 is 13.2 Å². The van der Waals surface area contributed by atoms with Crippen LogP contribution < -0.4 is 10.6 Å². The number of anilines is 1. The van der Waals surface area contributed by atoms with Gasteiger partial charge in [-0.3, -0.25) is 4.90 Å². The van der Waals surface area contributed by atoms with Crippen LogP contribution in [0, 0.1) is 6.92 Å². The summed E-state index contributed by atoms with van der Waals surface area (Å²) in [5.41, 5.74) is 0.279. The summed E-state index contributed by atoms with van der Waals surface area (Å²) in [5.74, 6) is 0.